The number of hydrogen-bond acceptors (Lipinski definition) is 5. The number of hydrogen-bond donors (Lipinski definition) is 1. The van der Waals surface area contributed by atoms with Crippen LogP contribution in [0.3, 0.4) is 0 Å². The van der Waals surface area contributed by atoms with Crippen molar-refractivity contribution in [2.75, 3.05) is 13.2 Å². The third-order valence-corrected chi connectivity index (χ3v) is 4.79. The van der Waals surface area contributed by atoms with Crippen molar-refractivity contribution < 1.29 is 23.4 Å². The van der Waals surface area contributed by atoms with Crippen molar-refractivity contribution in [3.63, 3.8) is 0 Å². The molecule has 0 saturated heterocycles. The third-order valence-electron chi connectivity index (χ3n) is 4.79. The van der Waals surface area contributed by atoms with Crippen LogP contribution in [-0.4, -0.2) is 24.1 Å². The van der Waals surface area contributed by atoms with E-state index < -0.39 is 5.82 Å². The molecule has 31 heavy (non-hydrogen) atoms. The number of pyridine rings is 1. The van der Waals surface area contributed by atoms with Crippen LogP contribution in [-0.2, 0) is 17.8 Å². The fourth-order valence-electron chi connectivity index (χ4n) is 3.20. The highest BCUT2D eigenvalue weighted by Gasteiger charge is 2.12. The molecule has 0 saturated carbocycles. The molecule has 0 atom stereocenters. The van der Waals surface area contributed by atoms with E-state index in [2.05, 4.69) is 10.3 Å². The van der Waals surface area contributed by atoms with Gasteiger partial charge in [-0.1, -0.05) is 18.2 Å². The first-order valence-electron chi connectivity index (χ1n) is 10.2. The summed E-state index contributed by atoms with van der Waals surface area (Å²) in [5.41, 5.74) is 1.71. The molecule has 0 radical (unpaired) electrons. The Balaban J connectivity index is 1.32. The maximum Gasteiger partial charge on any atom is 0.224 e. The van der Waals surface area contributed by atoms with E-state index in [4.69, 9.17) is 14.2 Å². The van der Waals surface area contributed by atoms with Gasteiger partial charge in [0.1, 0.15) is 11.6 Å². The summed E-state index contributed by atoms with van der Waals surface area (Å²) < 4.78 is 30.4. The van der Waals surface area contributed by atoms with Crippen LogP contribution < -0.4 is 19.5 Å². The molecular formula is C24H23FN2O4. The molecule has 3 aromatic rings. The first kappa shape index (κ1) is 20.7. The quantitative estimate of drug-likeness (QED) is 0.610. The first-order chi connectivity index (χ1) is 15.2. The van der Waals surface area contributed by atoms with Crippen LogP contribution in [0.4, 0.5) is 4.39 Å². The summed E-state index contributed by atoms with van der Waals surface area (Å²) >= 11 is 0. The number of halogens is 1. The van der Waals surface area contributed by atoms with E-state index in [0.717, 1.165) is 23.5 Å². The number of ether oxygens (including phenoxy) is 3. The monoisotopic (exact) mass is 422 g/mol. The van der Waals surface area contributed by atoms with Crippen LogP contribution in [0.5, 0.6) is 23.1 Å². The summed E-state index contributed by atoms with van der Waals surface area (Å²) in [4.78, 5) is 16.6. The molecule has 1 amide bonds. The number of nitrogens with zero attached hydrogens (tertiary/aromatic N) is 1. The summed E-state index contributed by atoms with van der Waals surface area (Å²) in [6.07, 6.45) is 3.36. The largest absolute Gasteiger partial charge is 0.490 e. The molecule has 1 aliphatic rings. The van der Waals surface area contributed by atoms with Gasteiger partial charge < -0.3 is 19.5 Å². The minimum Gasteiger partial charge on any atom is -0.490 e. The number of nitrogens with one attached hydrogen (secondary N) is 1. The number of rotatable bonds is 7. The molecule has 0 fully saturated rings. The lowest BCUT2D eigenvalue weighted by Gasteiger charge is -2.11. The predicted molar refractivity (Wildman–Crippen MR) is 113 cm³/mol. The van der Waals surface area contributed by atoms with Crippen molar-refractivity contribution in [1.82, 2.24) is 10.3 Å². The highest BCUT2D eigenvalue weighted by atomic mass is 19.1. The van der Waals surface area contributed by atoms with E-state index in [1.807, 2.05) is 24.3 Å². The second-order valence-electron chi connectivity index (χ2n) is 7.14. The molecular weight excluding hydrogens is 399 g/mol. The number of fused-ring (bicyclic) bond motifs is 1. The molecule has 4 rings (SSSR count). The van der Waals surface area contributed by atoms with Crippen molar-refractivity contribution in [3.05, 3.63) is 77.7 Å². The van der Waals surface area contributed by atoms with Crippen molar-refractivity contribution >= 4 is 5.91 Å². The van der Waals surface area contributed by atoms with Gasteiger partial charge in [-0.25, -0.2) is 9.37 Å². The molecule has 160 valence electrons. The van der Waals surface area contributed by atoms with Gasteiger partial charge in [0, 0.05) is 37.2 Å². The molecule has 2 aromatic carbocycles. The minimum atomic E-state index is -0.391. The van der Waals surface area contributed by atoms with Gasteiger partial charge >= 0.3 is 0 Å². The van der Waals surface area contributed by atoms with Crippen molar-refractivity contribution in [1.29, 1.82) is 0 Å². The second-order valence-corrected chi connectivity index (χ2v) is 7.14. The molecule has 0 spiro atoms. The van der Waals surface area contributed by atoms with Gasteiger partial charge in [-0.3, -0.25) is 4.79 Å². The lowest BCUT2D eigenvalue weighted by molar-refractivity contribution is -0.121. The van der Waals surface area contributed by atoms with Crippen LogP contribution in [0.15, 0.2) is 60.8 Å². The molecule has 7 heteroatoms. The van der Waals surface area contributed by atoms with Crippen molar-refractivity contribution in [2.24, 2.45) is 0 Å². The Kier molecular flexibility index (Phi) is 6.62. The normalized spacial score (nSPS) is 12.7. The van der Waals surface area contributed by atoms with Gasteiger partial charge in [0.2, 0.25) is 11.8 Å². The summed E-state index contributed by atoms with van der Waals surface area (Å²) in [7, 11) is 0. The molecule has 0 bridgehead atoms. The van der Waals surface area contributed by atoms with Crippen LogP contribution in [0, 0.1) is 5.82 Å². The topological polar surface area (TPSA) is 69.7 Å². The molecule has 6 nitrogen and oxygen atoms in total. The lowest BCUT2D eigenvalue weighted by atomic mass is 10.1. The number of amides is 1. The Morgan fingerprint density at radius 3 is 2.81 bits per heavy atom. The third kappa shape index (κ3) is 5.72. The van der Waals surface area contributed by atoms with Gasteiger partial charge in [0.25, 0.3) is 0 Å². The fraction of sp³-hybridized carbons (Fsp3) is 0.250. The average Bonchev–Trinajstić information content (AvgIpc) is 3.02. The van der Waals surface area contributed by atoms with E-state index in [0.29, 0.717) is 43.2 Å². The summed E-state index contributed by atoms with van der Waals surface area (Å²) in [6, 6.07) is 15.2. The minimum absolute atomic E-state index is 0.0901. The van der Waals surface area contributed by atoms with E-state index in [9.17, 15) is 9.18 Å². The first-order valence-corrected chi connectivity index (χ1v) is 10.2. The Labute approximate surface area is 180 Å². The smallest absolute Gasteiger partial charge is 0.224 e. The van der Waals surface area contributed by atoms with E-state index in [1.165, 1.54) is 12.1 Å². The number of carbonyl (C=O) groups excluding carboxylic acids is 1. The Morgan fingerprint density at radius 2 is 1.94 bits per heavy atom. The predicted octanol–water partition coefficient (Wildman–Crippen LogP) is 4.42. The highest BCUT2D eigenvalue weighted by Crippen LogP contribution is 2.30. The Hall–Kier alpha value is -3.61. The van der Waals surface area contributed by atoms with Gasteiger partial charge in [-0.05, 0) is 42.3 Å². The molecule has 1 aromatic heterocycles. The molecule has 1 N–H and O–H groups in total. The van der Waals surface area contributed by atoms with Crippen molar-refractivity contribution in [3.8, 4) is 23.1 Å². The van der Waals surface area contributed by atoms with E-state index in [1.54, 1.807) is 24.4 Å². The van der Waals surface area contributed by atoms with Crippen LogP contribution >= 0.6 is 0 Å². The number of aromatic nitrogens is 1. The summed E-state index contributed by atoms with van der Waals surface area (Å²) in [6.45, 7) is 1.54. The zero-order chi connectivity index (χ0) is 21.5. The van der Waals surface area contributed by atoms with Crippen LogP contribution in [0.2, 0.25) is 0 Å². The maximum absolute atomic E-state index is 13.4. The number of aryl methyl sites for hydroxylation is 1. The van der Waals surface area contributed by atoms with Crippen LogP contribution in [0.1, 0.15) is 24.0 Å². The standard InChI is InChI=1S/C24H23FN2O4/c25-19-5-1-6-20(15-19)31-24-18(4-2-11-26-24)16-27-23(28)10-8-17-7-9-21-22(14-17)30-13-3-12-29-21/h1-2,4-7,9,11,14-15H,3,8,10,12-13,16H2,(H,27,28). The number of benzene rings is 2. The summed E-state index contributed by atoms with van der Waals surface area (Å²) in [5, 5.41) is 2.89. The summed E-state index contributed by atoms with van der Waals surface area (Å²) in [5.74, 6) is 1.67. The van der Waals surface area contributed by atoms with Gasteiger partial charge in [0.05, 0.1) is 13.2 Å². The molecule has 0 aliphatic carbocycles. The molecule has 2 heterocycles. The zero-order valence-corrected chi connectivity index (χ0v) is 17.0. The maximum atomic E-state index is 13.4. The average molecular weight is 422 g/mol. The van der Waals surface area contributed by atoms with Crippen LogP contribution in [0.25, 0.3) is 0 Å². The van der Waals surface area contributed by atoms with Crippen molar-refractivity contribution in [2.45, 2.75) is 25.8 Å². The Morgan fingerprint density at radius 1 is 1.06 bits per heavy atom. The highest BCUT2D eigenvalue weighted by molar-refractivity contribution is 5.76. The Bertz CT molecular complexity index is 1060. The SMILES string of the molecule is O=C(CCc1ccc2c(c1)OCCCO2)NCc1cccnc1Oc1cccc(F)c1. The molecule has 1 aliphatic heterocycles. The van der Waals surface area contributed by atoms with Gasteiger partial charge in [-0.15, -0.1) is 0 Å². The fourth-order valence-corrected chi connectivity index (χ4v) is 3.20. The lowest BCUT2D eigenvalue weighted by Crippen LogP contribution is -2.23. The number of carbonyl (C=O) groups is 1. The van der Waals surface area contributed by atoms with E-state index in [-0.39, 0.29) is 12.5 Å². The second kappa shape index (κ2) is 9.93. The molecule has 0 unspecified atom stereocenters. The zero-order valence-electron chi connectivity index (χ0n) is 17.0. The van der Waals surface area contributed by atoms with Gasteiger partial charge in [-0.2, -0.15) is 0 Å². The van der Waals surface area contributed by atoms with Gasteiger partial charge in [0.15, 0.2) is 11.5 Å². The van der Waals surface area contributed by atoms with E-state index >= 15 is 0 Å².